The molecule has 0 bridgehead atoms. The number of carbonyl (C=O) groups excluding carboxylic acids is 1. The smallest absolute Gasteiger partial charge is 0.267 e. The number of hydrogen-bond acceptors (Lipinski definition) is 2. The first-order valence-corrected chi connectivity index (χ1v) is 8.27. The first-order valence-electron chi connectivity index (χ1n) is 8.27. The van der Waals surface area contributed by atoms with Crippen molar-refractivity contribution in [1.82, 2.24) is 0 Å². The number of likely N-dealkylation sites (N-methyl/N-ethyl adjacent to an activating group) is 1. The van der Waals surface area contributed by atoms with Crippen LogP contribution in [0.5, 0.6) is 5.75 Å². The van der Waals surface area contributed by atoms with Crippen LogP contribution in [0.1, 0.15) is 30.9 Å². The number of carbonyl (C=O) groups is 1. The molecule has 0 unspecified atom stereocenters. The number of anilines is 1. The number of benzene rings is 2. The molecule has 1 aliphatic rings. The van der Waals surface area contributed by atoms with Crippen molar-refractivity contribution in [3.8, 4) is 5.75 Å². The van der Waals surface area contributed by atoms with E-state index < -0.39 is 6.10 Å². The molecule has 0 aliphatic heterocycles. The average Bonchev–Trinajstić information content (AvgIpc) is 2.61. The van der Waals surface area contributed by atoms with Gasteiger partial charge in [0.1, 0.15) is 5.75 Å². The van der Waals surface area contributed by atoms with Crippen molar-refractivity contribution >= 4 is 11.6 Å². The molecule has 0 N–H and O–H groups in total. The van der Waals surface area contributed by atoms with E-state index in [2.05, 4.69) is 6.07 Å². The van der Waals surface area contributed by atoms with Gasteiger partial charge in [-0.25, -0.2) is 0 Å². The maximum absolute atomic E-state index is 12.6. The third-order valence-corrected chi connectivity index (χ3v) is 4.48. The van der Waals surface area contributed by atoms with Gasteiger partial charge in [0.05, 0.1) is 0 Å². The van der Waals surface area contributed by atoms with Crippen molar-refractivity contribution < 1.29 is 9.53 Å². The van der Waals surface area contributed by atoms with Crippen LogP contribution in [0, 0.1) is 0 Å². The van der Waals surface area contributed by atoms with E-state index in [1.165, 1.54) is 24.0 Å². The molecule has 1 aliphatic carbocycles. The zero-order valence-corrected chi connectivity index (χ0v) is 13.8. The van der Waals surface area contributed by atoms with Crippen LogP contribution in [0.3, 0.4) is 0 Å². The summed E-state index contributed by atoms with van der Waals surface area (Å²) >= 11 is 0. The van der Waals surface area contributed by atoms with Gasteiger partial charge in [0.15, 0.2) is 6.10 Å². The number of nitrogens with zero attached hydrogens (tertiary/aromatic N) is 1. The van der Waals surface area contributed by atoms with E-state index >= 15 is 0 Å². The molecule has 2 aromatic rings. The van der Waals surface area contributed by atoms with E-state index in [9.17, 15) is 4.79 Å². The minimum Gasteiger partial charge on any atom is -0.481 e. The minimum atomic E-state index is -0.506. The third-order valence-electron chi connectivity index (χ3n) is 4.48. The van der Waals surface area contributed by atoms with Crippen LogP contribution in [0.4, 0.5) is 5.69 Å². The minimum absolute atomic E-state index is 0.0374. The Bertz CT molecular complexity index is 681. The molecule has 0 radical (unpaired) electrons. The first kappa shape index (κ1) is 15.6. The molecule has 2 aromatic carbocycles. The van der Waals surface area contributed by atoms with Gasteiger partial charge >= 0.3 is 0 Å². The molecule has 23 heavy (non-hydrogen) atoms. The quantitative estimate of drug-likeness (QED) is 0.854. The summed E-state index contributed by atoms with van der Waals surface area (Å²) in [4.78, 5) is 14.3. The molecule has 3 rings (SSSR count). The fraction of sp³-hybridized carbons (Fsp3) is 0.350. The molecule has 0 saturated heterocycles. The number of ether oxygens (including phenoxy) is 1. The van der Waals surface area contributed by atoms with Crippen molar-refractivity contribution in [2.24, 2.45) is 0 Å². The maximum atomic E-state index is 12.6. The van der Waals surface area contributed by atoms with Gasteiger partial charge in [0.2, 0.25) is 0 Å². The highest BCUT2D eigenvalue weighted by Crippen LogP contribution is 2.30. The monoisotopic (exact) mass is 309 g/mol. The fourth-order valence-electron chi connectivity index (χ4n) is 3.15. The summed E-state index contributed by atoms with van der Waals surface area (Å²) < 4.78 is 6.03. The lowest BCUT2D eigenvalue weighted by atomic mass is 9.91. The van der Waals surface area contributed by atoms with Gasteiger partial charge in [0.25, 0.3) is 5.91 Å². The van der Waals surface area contributed by atoms with Crippen LogP contribution >= 0.6 is 0 Å². The number of hydrogen-bond donors (Lipinski definition) is 0. The second kappa shape index (κ2) is 6.86. The van der Waals surface area contributed by atoms with E-state index in [0.717, 1.165) is 24.3 Å². The van der Waals surface area contributed by atoms with Crippen LogP contribution in [0.2, 0.25) is 0 Å². The standard InChI is InChI=1S/C20H23NO2/c1-15(20(22)21(2)17-11-4-3-5-12-17)23-19-14-8-10-16-9-6-7-13-18(16)19/h3-5,8,10-12,14-15H,6-7,9,13H2,1-2H3/t15-/m1/s1. The number of fused-ring (bicyclic) bond motifs is 1. The van der Waals surface area contributed by atoms with Crippen LogP contribution in [0.25, 0.3) is 0 Å². The number of amides is 1. The molecule has 0 heterocycles. The molecule has 3 heteroatoms. The summed E-state index contributed by atoms with van der Waals surface area (Å²) in [5.74, 6) is 0.828. The highest BCUT2D eigenvalue weighted by atomic mass is 16.5. The Morgan fingerprint density at radius 1 is 1.04 bits per heavy atom. The normalized spacial score (nSPS) is 14.7. The Balaban J connectivity index is 1.74. The number of aryl methyl sites for hydroxylation is 1. The molecule has 3 nitrogen and oxygen atoms in total. The van der Waals surface area contributed by atoms with Crippen molar-refractivity contribution in [3.05, 3.63) is 59.7 Å². The van der Waals surface area contributed by atoms with E-state index in [0.29, 0.717) is 0 Å². The summed E-state index contributed by atoms with van der Waals surface area (Å²) in [6, 6.07) is 15.8. The lowest BCUT2D eigenvalue weighted by Gasteiger charge is -2.25. The number of para-hydroxylation sites is 1. The summed E-state index contributed by atoms with van der Waals surface area (Å²) in [7, 11) is 1.79. The van der Waals surface area contributed by atoms with Gasteiger partial charge in [-0.3, -0.25) is 4.79 Å². The summed E-state index contributed by atoms with van der Waals surface area (Å²) in [6.45, 7) is 1.82. The largest absolute Gasteiger partial charge is 0.481 e. The van der Waals surface area contributed by atoms with Gasteiger partial charge in [-0.15, -0.1) is 0 Å². The summed E-state index contributed by atoms with van der Waals surface area (Å²) in [5, 5.41) is 0. The molecule has 0 fully saturated rings. The molecule has 0 spiro atoms. The second-order valence-corrected chi connectivity index (χ2v) is 6.09. The van der Waals surface area contributed by atoms with E-state index in [1.807, 2.05) is 49.4 Å². The predicted molar refractivity (Wildman–Crippen MR) is 93.0 cm³/mol. The Labute approximate surface area is 137 Å². The fourth-order valence-corrected chi connectivity index (χ4v) is 3.15. The van der Waals surface area contributed by atoms with Gasteiger partial charge in [-0.05, 0) is 61.9 Å². The average molecular weight is 309 g/mol. The molecule has 0 aromatic heterocycles. The predicted octanol–water partition coefficient (Wildman–Crippen LogP) is 4.00. The van der Waals surface area contributed by atoms with Crippen LogP contribution in [-0.4, -0.2) is 19.1 Å². The highest BCUT2D eigenvalue weighted by Gasteiger charge is 2.22. The van der Waals surface area contributed by atoms with Crippen LogP contribution in [-0.2, 0) is 17.6 Å². The molecular formula is C20H23NO2. The summed E-state index contributed by atoms with van der Waals surface area (Å²) in [5.41, 5.74) is 3.52. The van der Waals surface area contributed by atoms with E-state index in [-0.39, 0.29) is 5.91 Å². The van der Waals surface area contributed by atoms with Crippen LogP contribution < -0.4 is 9.64 Å². The maximum Gasteiger partial charge on any atom is 0.267 e. The van der Waals surface area contributed by atoms with Crippen molar-refractivity contribution in [1.29, 1.82) is 0 Å². The Kier molecular flexibility index (Phi) is 4.65. The van der Waals surface area contributed by atoms with Crippen molar-refractivity contribution in [2.45, 2.75) is 38.7 Å². The van der Waals surface area contributed by atoms with Crippen molar-refractivity contribution in [2.75, 3.05) is 11.9 Å². The zero-order chi connectivity index (χ0) is 16.2. The Morgan fingerprint density at radius 3 is 2.57 bits per heavy atom. The molecule has 1 amide bonds. The van der Waals surface area contributed by atoms with E-state index in [4.69, 9.17) is 4.74 Å². The SMILES string of the molecule is C[C@@H](Oc1cccc2c1CCCC2)C(=O)N(C)c1ccccc1. The topological polar surface area (TPSA) is 29.5 Å². The highest BCUT2D eigenvalue weighted by molar-refractivity contribution is 5.96. The lowest BCUT2D eigenvalue weighted by molar-refractivity contribution is -0.124. The van der Waals surface area contributed by atoms with Crippen molar-refractivity contribution in [3.63, 3.8) is 0 Å². The molecular weight excluding hydrogens is 286 g/mol. The first-order chi connectivity index (χ1) is 11.2. The van der Waals surface area contributed by atoms with E-state index in [1.54, 1.807) is 11.9 Å². The second-order valence-electron chi connectivity index (χ2n) is 6.09. The molecule has 0 saturated carbocycles. The Hall–Kier alpha value is -2.29. The third kappa shape index (κ3) is 3.39. The van der Waals surface area contributed by atoms with Gasteiger partial charge in [0, 0.05) is 12.7 Å². The lowest BCUT2D eigenvalue weighted by Crippen LogP contribution is -2.38. The number of rotatable bonds is 4. The molecule has 1 atom stereocenters. The van der Waals surface area contributed by atoms with Gasteiger partial charge < -0.3 is 9.64 Å². The van der Waals surface area contributed by atoms with Gasteiger partial charge in [-0.1, -0.05) is 30.3 Å². The Morgan fingerprint density at radius 2 is 1.78 bits per heavy atom. The summed E-state index contributed by atoms with van der Waals surface area (Å²) in [6.07, 6.45) is 4.08. The van der Waals surface area contributed by atoms with Gasteiger partial charge in [-0.2, -0.15) is 0 Å². The zero-order valence-electron chi connectivity index (χ0n) is 13.8. The molecule has 120 valence electrons. The van der Waals surface area contributed by atoms with Crippen LogP contribution in [0.15, 0.2) is 48.5 Å².